The minimum Gasteiger partial charge on any atom is -0.362 e. The third-order valence-electron chi connectivity index (χ3n) is 2.84. The Morgan fingerprint density at radius 3 is 1.82 bits per heavy atom. The Kier molecular flexibility index (Phi) is 5.11. The van der Waals surface area contributed by atoms with Gasteiger partial charge in [0.15, 0.2) is 0 Å². The Morgan fingerprint density at radius 2 is 1.36 bits per heavy atom. The van der Waals surface area contributed by atoms with E-state index in [1.165, 1.54) is 24.3 Å². The third-order valence-corrected chi connectivity index (χ3v) is 4.63. The van der Waals surface area contributed by atoms with Crippen LogP contribution in [-0.4, -0.2) is 33.2 Å². The van der Waals surface area contributed by atoms with Crippen molar-refractivity contribution in [2.45, 2.75) is 4.90 Å². The highest BCUT2D eigenvalue weighted by molar-refractivity contribution is 7.90. The molecule has 0 amide bonds. The SMILES string of the molecule is CN(C)/C(=N/S(=O)(=O)c1ccc(Cl)cc1)c1ccc(Cl)cc1. The molecule has 0 aromatic heterocycles. The van der Waals surface area contributed by atoms with Crippen molar-refractivity contribution in [1.82, 2.24) is 4.90 Å². The lowest BCUT2D eigenvalue weighted by Gasteiger charge is -2.16. The minimum absolute atomic E-state index is 0.0882. The fourth-order valence-corrected chi connectivity index (χ4v) is 3.10. The Bertz CT molecular complexity index is 783. The molecule has 0 fully saturated rings. The molecule has 116 valence electrons. The number of rotatable bonds is 3. The zero-order valence-electron chi connectivity index (χ0n) is 12.0. The van der Waals surface area contributed by atoms with E-state index in [0.717, 1.165) is 0 Å². The summed E-state index contributed by atoms with van der Waals surface area (Å²) < 4.78 is 28.8. The van der Waals surface area contributed by atoms with Gasteiger partial charge < -0.3 is 4.90 Å². The van der Waals surface area contributed by atoms with Gasteiger partial charge in [0.25, 0.3) is 10.0 Å². The molecule has 0 aliphatic carbocycles. The lowest BCUT2D eigenvalue weighted by Crippen LogP contribution is -2.24. The average molecular weight is 357 g/mol. The monoisotopic (exact) mass is 356 g/mol. The standard InChI is InChI=1S/C15H14Cl2N2O2S/c1-19(2)15(11-3-5-12(16)6-4-11)18-22(20,21)14-9-7-13(17)8-10-14/h3-10H,1-2H3/b18-15+. The molecule has 0 heterocycles. The predicted molar refractivity (Wildman–Crippen MR) is 90.3 cm³/mol. The summed E-state index contributed by atoms with van der Waals surface area (Å²) in [6.45, 7) is 0. The van der Waals surface area contributed by atoms with E-state index in [9.17, 15) is 8.42 Å². The van der Waals surface area contributed by atoms with Crippen molar-refractivity contribution in [3.8, 4) is 0 Å². The van der Waals surface area contributed by atoms with Crippen molar-refractivity contribution in [2.24, 2.45) is 4.40 Å². The Labute approximate surface area is 140 Å². The van der Waals surface area contributed by atoms with E-state index >= 15 is 0 Å². The van der Waals surface area contributed by atoms with E-state index in [0.29, 0.717) is 21.4 Å². The summed E-state index contributed by atoms with van der Waals surface area (Å²) in [7, 11) is -0.371. The molecule has 0 radical (unpaired) electrons. The highest BCUT2D eigenvalue weighted by Crippen LogP contribution is 2.18. The van der Waals surface area contributed by atoms with Gasteiger partial charge in [0.1, 0.15) is 5.84 Å². The van der Waals surface area contributed by atoms with Crippen molar-refractivity contribution in [3.63, 3.8) is 0 Å². The molecule has 4 nitrogen and oxygen atoms in total. The highest BCUT2D eigenvalue weighted by Gasteiger charge is 2.16. The number of sulfonamides is 1. The maximum Gasteiger partial charge on any atom is 0.284 e. The topological polar surface area (TPSA) is 49.7 Å². The van der Waals surface area contributed by atoms with E-state index in [1.54, 1.807) is 43.3 Å². The molecule has 2 rings (SSSR count). The first-order valence-corrected chi connectivity index (χ1v) is 8.53. The molecule has 0 saturated carbocycles. The van der Waals surface area contributed by atoms with Crippen molar-refractivity contribution in [2.75, 3.05) is 14.1 Å². The molecule has 0 N–H and O–H groups in total. The van der Waals surface area contributed by atoms with Crippen molar-refractivity contribution >= 4 is 39.1 Å². The van der Waals surface area contributed by atoms with Crippen LogP contribution in [0.25, 0.3) is 0 Å². The normalized spacial score (nSPS) is 12.3. The summed E-state index contributed by atoms with van der Waals surface area (Å²) in [4.78, 5) is 1.72. The summed E-state index contributed by atoms with van der Waals surface area (Å²) >= 11 is 11.6. The second-order valence-electron chi connectivity index (χ2n) is 4.75. The first kappa shape index (κ1) is 16.8. The van der Waals surface area contributed by atoms with Crippen LogP contribution in [0.15, 0.2) is 57.8 Å². The first-order valence-electron chi connectivity index (χ1n) is 6.33. The van der Waals surface area contributed by atoms with Gasteiger partial charge in [0, 0.05) is 29.7 Å². The van der Waals surface area contributed by atoms with Gasteiger partial charge in [-0.3, -0.25) is 0 Å². The number of nitrogens with zero attached hydrogens (tertiary/aromatic N) is 2. The summed E-state index contributed by atoms with van der Waals surface area (Å²) in [6, 6.07) is 12.7. The fraction of sp³-hybridized carbons (Fsp3) is 0.133. The van der Waals surface area contributed by atoms with E-state index in [2.05, 4.69) is 4.40 Å². The largest absolute Gasteiger partial charge is 0.362 e. The molecule has 22 heavy (non-hydrogen) atoms. The van der Waals surface area contributed by atoms with Gasteiger partial charge in [-0.1, -0.05) is 23.2 Å². The third kappa shape index (κ3) is 4.00. The molecule has 0 aliphatic heterocycles. The quantitative estimate of drug-likeness (QED) is 0.622. The lowest BCUT2D eigenvalue weighted by molar-refractivity contribution is 0.592. The van der Waals surface area contributed by atoms with Crippen LogP contribution in [-0.2, 0) is 10.0 Å². The van der Waals surface area contributed by atoms with Gasteiger partial charge in [-0.25, -0.2) is 0 Å². The number of halogens is 2. The van der Waals surface area contributed by atoms with Gasteiger partial charge in [-0.15, -0.1) is 4.40 Å². The molecule has 2 aromatic carbocycles. The fourth-order valence-electron chi connectivity index (χ4n) is 1.76. The van der Waals surface area contributed by atoms with Crippen molar-refractivity contribution in [1.29, 1.82) is 0 Å². The maximum absolute atomic E-state index is 12.4. The van der Waals surface area contributed by atoms with Crippen LogP contribution in [0.2, 0.25) is 10.0 Å². The van der Waals surface area contributed by atoms with Crippen LogP contribution in [0.4, 0.5) is 0 Å². The Morgan fingerprint density at radius 1 is 0.909 bits per heavy atom. The molecular weight excluding hydrogens is 343 g/mol. The number of amidine groups is 1. The highest BCUT2D eigenvalue weighted by atomic mass is 35.5. The van der Waals surface area contributed by atoms with E-state index < -0.39 is 10.0 Å². The lowest BCUT2D eigenvalue weighted by atomic mass is 10.2. The van der Waals surface area contributed by atoms with Gasteiger partial charge in [0.05, 0.1) is 4.90 Å². The zero-order valence-corrected chi connectivity index (χ0v) is 14.3. The molecule has 0 atom stereocenters. The molecular formula is C15H14Cl2N2O2S. The number of hydrogen-bond acceptors (Lipinski definition) is 2. The summed E-state index contributed by atoms with van der Waals surface area (Å²) in [5.74, 6) is 0.326. The summed E-state index contributed by atoms with van der Waals surface area (Å²) in [5, 5.41) is 1.04. The van der Waals surface area contributed by atoms with E-state index in [-0.39, 0.29) is 4.90 Å². The van der Waals surface area contributed by atoms with Gasteiger partial charge in [0.2, 0.25) is 0 Å². The Balaban J connectivity index is 2.49. The summed E-state index contributed by atoms with van der Waals surface area (Å²) in [6.07, 6.45) is 0. The van der Waals surface area contributed by atoms with E-state index in [4.69, 9.17) is 23.2 Å². The van der Waals surface area contributed by atoms with Crippen LogP contribution < -0.4 is 0 Å². The van der Waals surface area contributed by atoms with Crippen LogP contribution in [0.5, 0.6) is 0 Å². The molecule has 2 aromatic rings. The summed E-state index contributed by atoms with van der Waals surface area (Å²) in [5.41, 5.74) is 0.659. The van der Waals surface area contributed by atoms with Crippen molar-refractivity contribution < 1.29 is 8.42 Å². The molecule has 0 spiro atoms. The second kappa shape index (κ2) is 6.69. The average Bonchev–Trinajstić information content (AvgIpc) is 2.46. The van der Waals surface area contributed by atoms with Gasteiger partial charge >= 0.3 is 0 Å². The van der Waals surface area contributed by atoms with Crippen molar-refractivity contribution in [3.05, 3.63) is 64.1 Å². The molecule has 7 heteroatoms. The van der Waals surface area contributed by atoms with Crippen LogP contribution >= 0.6 is 23.2 Å². The Hall–Kier alpha value is -1.56. The predicted octanol–water partition coefficient (Wildman–Crippen LogP) is 3.69. The van der Waals surface area contributed by atoms with E-state index in [1.807, 2.05) is 0 Å². The molecule has 0 saturated heterocycles. The zero-order chi connectivity index (χ0) is 16.3. The molecule has 0 aliphatic rings. The number of benzene rings is 2. The van der Waals surface area contributed by atoms with Crippen LogP contribution in [0.1, 0.15) is 5.56 Å². The van der Waals surface area contributed by atoms with Crippen LogP contribution in [0.3, 0.4) is 0 Å². The van der Waals surface area contributed by atoms with Crippen LogP contribution in [0, 0.1) is 0 Å². The first-order chi connectivity index (χ1) is 10.3. The second-order valence-corrected chi connectivity index (χ2v) is 7.22. The van der Waals surface area contributed by atoms with Gasteiger partial charge in [-0.2, -0.15) is 8.42 Å². The number of hydrogen-bond donors (Lipinski definition) is 0. The smallest absolute Gasteiger partial charge is 0.284 e. The van der Waals surface area contributed by atoms with Gasteiger partial charge in [-0.05, 0) is 48.5 Å². The molecule has 0 unspecified atom stereocenters. The minimum atomic E-state index is -3.82. The molecule has 0 bridgehead atoms. The maximum atomic E-state index is 12.4.